The summed E-state index contributed by atoms with van der Waals surface area (Å²) >= 11 is 1.08. The summed E-state index contributed by atoms with van der Waals surface area (Å²) in [5.74, 6) is 1.41. The Bertz CT molecular complexity index is 1110. The number of hydrogen-bond acceptors (Lipinski definition) is 7. The van der Waals surface area contributed by atoms with Gasteiger partial charge >= 0.3 is 6.03 Å². The Morgan fingerprint density at radius 2 is 1.87 bits per heavy atom. The number of methoxy groups -OCH3 is 1. The molecule has 1 aromatic heterocycles. The maximum Gasteiger partial charge on any atom is 0.325 e. The van der Waals surface area contributed by atoms with Gasteiger partial charge in [-0.1, -0.05) is 23.5 Å². The van der Waals surface area contributed by atoms with Crippen molar-refractivity contribution < 1.29 is 23.8 Å². The van der Waals surface area contributed by atoms with E-state index in [2.05, 4.69) is 20.9 Å². The Kier molecular flexibility index (Phi) is 5.40. The second kappa shape index (κ2) is 8.29. The minimum atomic E-state index is -0.490. The fraction of sp³-hybridized carbons (Fsp3) is 0.150. The molecule has 1 aliphatic rings. The molecule has 2 heterocycles. The molecule has 10 heteroatoms. The first kappa shape index (κ1) is 19.5. The number of ether oxygens (including phenoxy) is 3. The molecule has 0 atom stereocenters. The van der Waals surface area contributed by atoms with Crippen LogP contribution >= 0.6 is 11.3 Å². The SMILES string of the molecule is COc1ccccc1NC(=O)Nc1nc(C)c(C(=O)Nc2ccc3c(c2)OCO3)s1. The molecule has 3 N–H and O–H groups in total. The third-order valence-electron chi connectivity index (χ3n) is 4.21. The number of thiazole rings is 1. The van der Waals surface area contributed by atoms with E-state index in [1.807, 2.05) is 0 Å². The van der Waals surface area contributed by atoms with Crippen molar-refractivity contribution in [3.8, 4) is 17.2 Å². The fourth-order valence-electron chi connectivity index (χ4n) is 2.82. The molecule has 0 fully saturated rings. The van der Waals surface area contributed by atoms with Gasteiger partial charge < -0.3 is 24.8 Å². The number of aryl methyl sites for hydroxylation is 1. The molecule has 2 aromatic carbocycles. The van der Waals surface area contributed by atoms with Gasteiger partial charge in [0.25, 0.3) is 5.91 Å². The number of aromatic nitrogens is 1. The van der Waals surface area contributed by atoms with Crippen LogP contribution in [0, 0.1) is 6.92 Å². The highest BCUT2D eigenvalue weighted by molar-refractivity contribution is 7.17. The van der Waals surface area contributed by atoms with E-state index in [0.29, 0.717) is 44.3 Å². The van der Waals surface area contributed by atoms with Crippen molar-refractivity contribution in [2.45, 2.75) is 6.92 Å². The number of rotatable bonds is 5. The highest BCUT2D eigenvalue weighted by atomic mass is 32.1. The smallest absolute Gasteiger partial charge is 0.325 e. The van der Waals surface area contributed by atoms with Gasteiger partial charge in [0, 0.05) is 11.8 Å². The molecule has 154 valence electrons. The minimum Gasteiger partial charge on any atom is -0.495 e. The van der Waals surface area contributed by atoms with Gasteiger partial charge in [0.1, 0.15) is 10.6 Å². The number of hydrogen-bond donors (Lipinski definition) is 3. The van der Waals surface area contributed by atoms with Gasteiger partial charge in [0.2, 0.25) is 6.79 Å². The monoisotopic (exact) mass is 426 g/mol. The molecular formula is C20H18N4O5S. The lowest BCUT2D eigenvalue weighted by atomic mass is 10.2. The van der Waals surface area contributed by atoms with Gasteiger partial charge in [-0.2, -0.15) is 0 Å². The normalized spacial score (nSPS) is 11.7. The van der Waals surface area contributed by atoms with E-state index in [1.165, 1.54) is 7.11 Å². The van der Waals surface area contributed by atoms with Gasteiger partial charge in [-0.25, -0.2) is 9.78 Å². The van der Waals surface area contributed by atoms with E-state index in [1.54, 1.807) is 49.4 Å². The van der Waals surface area contributed by atoms with Crippen LogP contribution in [-0.4, -0.2) is 30.8 Å². The summed E-state index contributed by atoms with van der Waals surface area (Å²) in [5.41, 5.74) is 1.60. The van der Waals surface area contributed by atoms with Crippen molar-refractivity contribution in [3.05, 3.63) is 53.0 Å². The first-order chi connectivity index (χ1) is 14.5. The van der Waals surface area contributed by atoms with Crippen LogP contribution in [-0.2, 0) is 0 Å². The molecule has 3 amide bonds. The van der Waals surface area contributed by atoms with Gasteiger partial charge in [0.15, 0.2) is 16.6 Å². The van der Waals surface area contributed by atoms with Crippen molar-refractivity contribution in [1.29, 1.82) is 0 Å². The third kappa shape index (κ3) is 4.13. The van der Waals surface area contributed by atoms with Gasteiger partial charge in [-0.05, 0) is 31.2 Å². The van der Waals surface area contributed by atoms with Crippen LogP contribution < -0.4 is 30.2 Å². The van der Waals surface area contributed by atoms with E-state index in [4.69, 9.17) is 14.2 Å². The van der Waals surface area contributed by atoms with Crippen molar-refractivity contribution in [3.63, 3.8) is 0 Å². The second-order valence-electron chi connectivity index (χ2n) is 6.24. The molecule has 0 saturated carbocycles. The van der Waals surface area contributed by atoms with Crippen molar-refractivity contribution in [2.75, 3.05) is 29.9 Å². The quantitative estimate of drug-likeness (QED) is 0.567. The molecule has 9 nitrogen and oxygen atoms in total. The average Bonchev–Trinajstić information content (AvgIpc) is 3.34. The molecule has 0 bridgehead atoms. The number of fused-ring (bicyclic) bond motifs is 1. The number of carbonyl (C=O) groups excluding carboxylic acids is 2. The van der Waals surface area contributed by atoms with Gasteiger partial charge in [-0.15, -0.1) is 0 Å². The Balaban J connectivity index is 1.42. The van der Waals surface area contributed by atoms with E-state index in [0.717, 1.165) is 11.3 Å². The number of nitrogens with one attached hydrogen (secondary N) is 3. The summed E-state index contributed by atoms with van der Waals surface area (Å²) in [5, 5.41) is 8.44. The Morgan fingerprint density at radius 3 is 2.70 bits per heavy atom. The highest BCUT2D eigenvalue weighted by Crippen LogP contribution is 2.34. The molecule has 4 rings (SSSR count). The summed E-state index contributed by atoms with van der Waals surface area (Å²) in [6.45, 7) is 1.86. The number of anilines is 3. The molecular weight excluding hydrogens is 408 g/mol. The van der Waals surface area contributed by atoms with Crippen LogP contribution in [0.5, 0.6) is 17.2 Å². The predicted octanol–water partition coefficient (Wildman–Crippen LogP) is 4.09. The summed E-state index contributed by atoms with van der Waals surface area (Å²) in [4.78, 5) is 29.6. The Labute approximate surface area is 176 Å². The van der Waals surface area contributed by atoms with Crippen LogP contribution in [0.3, 0.4) is 0 Å². The topological polar surface area (TPSA) is 111 Å². The highest BCUT2D eigenvalue weighted by Gasteiger charge is 2.19. The molecule has 0 spiro atoms. The Hall–Kier alpha value is -3.79. The third-order valence-corrected chi connectivity index (χ3v) is 5.28. The number of para-hydroxylation sites is 2. The minimum absolute atomic E-state index is 0.159. The zero-order valence-corrected chi connectivity index (χ0v) is 17.0. The molecule has 1 aliphatic heterocycles. The van der Waals surface area contributed by atoms with Gasteiger partial charge in [-0.3, -0.25) is 10.1 Å². The van der Waals surface area contributed by atoms with Crippen molar-refractivity contribution in [1.82, 2.24) is 4.98 Å². The van der Waals surface area contributed by atoms with E-state index in [-0.39, 0.29) is 12.7 Å². The maximum absolute atomic E-state index is 12.7. The van der Waals surface area contributed by atoms with Crippen molar-refractivity contribution >= 4 is 39.8 Å². The largest absolute Gasteiger partial charge is 0.495 e. The molecule has 0 saturated heterocycles. The molecule has 0 radical (unpaired) electrons. The summed E-state index contributed by atoms with van der Waals surface area (Å²) in [6, 6.07) is 11.7. The molecule has 0 unspecified atom stereocenters. The zero-order valence-electron chi connectivity index (χ0n) is 16.1. The molecule has 3 aromatic rings. The van der Waals surface area contributed by atoms with Crippen LogP contribution in [0.1, 0.15) is 15.4 Å². The standard InChI is InChI=1S/C20H18N4O5S/c1-11-17(18(25)22-12-7-8-15-16(9-12)29-10-28-15)30-20(21-11)24-19(26)23-13-5-3-4-6-14(13)27-2/h3-9H,10H2,1-2H3,(H,22,25)(H2,21,23,24,26). The van der Waals surface area contributed by atoms with Crippen LogP contribution in [0.25, 0.3) is 0 Å². The van der Waals surface area contributed by atoms with Crippen LogP contribution in [0.2, 0.25) is 0 Å². The van der Waals surface area contributed by atoms with E-state index >= 15 is 0 Å². The molecule has 30 heavy (non-hydrogen) atoms. The maximum atomic E-state index is 12.7. The molecule has 0 aliphatic carbocycles. The summed E-state index contributed by atoms with van der Waals surface area (Å²) in [6.07, 6.45) is 0. The van der Waals surface area contributed by atoms with E-state index < -0.39 is 6.03 Å². The summed E-state index contributed by atoms with van der Waals surface area (Å²) in [7, 11) is 1.52. The predicted molar refractivity (Wildman–Crippen MR) is 113 cm³/mol. The first-order valence-electron chi connectivity index (χ1n) is 8.93. The van der Waals surface area contributed by atoms with Crippen LogP contribution in [0.15, 0.2) is 42.5 Å². The number of carbonyl (C=O) groups is 2. The fourth-order valence-corrected chi connectivity index (χ4v) is 3.68. The lowest BCUT2D eigenvalue weighted by Gasteiger charge is -2.09. The average molecular weight is 426 g/mol. The lowest BCUT2D eigenvalue weighted by Crippen LogP contribution is -2.19. The van der Waals surface area contributed by atoms with Crippen molar-refractivity contribution in [2.24, 2.45) is 0 Å². The second-order valence-corrected chi connectivity index (χ2v) is 7.23. The Morgan fingerprint density at radius 1 is 1.07 bits per heavy atom. The lowest BCUT2D eigenvalue weighted by molar-refractivity contribution is 0.103. The number of benzene rings is 2. The van der Waals surface area contributed by atoms with Gasteiger partial charge in [0.05, 0.1) is 18.5 Å². The van der Waals surface area contributed by atoms with E-state index in [9.17, 15) is 9.59 Å². The number of amides is 3. The summed E-state index contributed by atoms with van der Waals surface area (Å²) < 4.78 is 15.8. The zero-order chi connectivity index (χ0) is 21.1. The number of urea groups is 1. The van der Waals surface area contributed by atoms with Crippen LogP contribution in [0.4, 0.5) is 21.3 Å². The number of nitrogens with zero attached hydrogens (tertiary/aromatic N) is 1. The first-order valence-corrected chi connectivity index (χ1v) is 9.74.